The van der Waals surface area contributed by atoms with Gasteiger partial charge in [-0.15, -0.1) is 0 Å². The molecule has 25 heavy (non-hydrogen) atoms. The first kappa shape index (κ1) is 19.6. The molecule has 0 aromatic rings. The van der Waals surface area contributed by atoms with Crippen LogP contribution in [0.3, 0.4) is 0 Å². The number of ether oxygens (including phenoxy) is 1. The van der Waals surface area contributed by atoms with Crippen molar-refractivity contribution in [1.29, 1.82) is 0 Å². The predicted octanol–water partition coefficient (Wildman–Crippen LogP) is 1.11. The van der Waals surface area contributed by atoms with E-state index in [1.807, 2.05) is 0 Å². The van der Waals surface area contributed by atoms with E-state index in [1.165, 1.54) is 6.42 Å². The maximum atomic E-state index is 12.4. The summed E-state index contributed by atoms with van der Waals surface area (Å²) in [7, 11) is 0. The molecule has 0 aromatic heterocycles. The van der Waals surface area contributed by atoms with Gasteiger partial charge in [0.05, 0.1) is 12.5 Å². The van der Waals surface area contributed by atoms with Crippen molar-refractivity contribution < 1.29 is 19.1 Å². The minimum atomic E-state index is -0.751. The zero-order valence-electron chi connectivity index (χ0n) is 14.9. The molecule has 0 spiro atoms. The highest BCUT2D eigenvalue weighted by Gasteiger charge is 2.35. The van der Waals surface area contributed by atoms with Crippen LogP contribution in [0.1, 0.15) is 52.4 Å². The van der Waals surface area contributed by atoms with Crippen LogP contribution in [0.5, 0.6) is 0 Å². The Bertz CT molecular complexity index is 532. The van der Waals surface area contributed by atoms with Gasteiger partial charge in [-0.2, -0.15) is 0 Å². The summed E-state index contributed by atoms with van der Waals surface area (Å²) in [5, 5.41) is 5.72. The van der Waals surface area contributed by atoms with Gasteiger partial charge in [0.1, 0.15) is 6.04 Å². The lowest BCUT2D eigenvalue weighted by Gasteiger charge is -2.36. The van der Waals surface area contributed by atoms with Crippen LogP contribution in [0.25, 0.3) is 0 Å². The second-order valence-corrected chi connectivity index (χ2v) is 7.26. The van der Waals surface area contributed by atoms with Crippen molar-refractivity contribution >= 4 is 35.1 Å². The van der Waals surface area contributed by atoms with Crippen LogP contribution in [0, 0.1) is 5.92 Å². The molecule has 0 bridgehead atoms. The molecule has 1 heterocycles. The Labute approximate surface area is 153 Å². The highest BCUT2D eigenvalue weighted by molar-refractivity contribution is 7.80. The number of rotatable bonds is 4. The van der Waals surface area contributed by atoms with E-state index >= 15 is 0 Å². The van der Waals surface area contributed by atoms with Gasteiger partial charge in [0.25, 0.3) is 0 Å². The molecule has 0 aromatic carbocycles. The summed E-state index contributed by atoms with van der Waals surface area (Å²) in [6, 6.07) is -0.751. The van der Waals surface area contributed by atoms with Gasteiger partial charge in [-0.25, -0.2) is 0 Å². The molecule has 2 amide bonds. The number of carbonyl (C=O) groups is 3. The molecule has 2 fully saturated rings. The molecule has 1 saturated carbocycles. The van der Waals surface area contributed by atoms with Gasteiger partial charge < -0.3 is 20.3 Å². The Morgan fingerprint density at radius 3 is 2.64 bits per heavy atom. The van der Waals surface area contributed by atoms with E-state index in [9.17, 15) is 14.4 Å². The molecule has 2 aliphatic rings. The topological polar surface area (TPSA) is 87.7 Å². The standard InChI is InChI=1S/C17H27N3O4S/c1-11(2)24-14(21)10-13-16(23)18-8-9-20(13)17(25)19-15(22)12-6-4-3-5-7-12/h11-13H,3-10H2,1-2H3,(H,18,23)(H,19,22,25). The number of amides is 2. The summed E-state index contributed by atoms with van der Waals surface area (Å²) in [6.07, 6.45) is 4.69. The molecule has 8 heteroatoms. The average Bonchev–Trinajstić information content (AvgIpc) is 2.56. The lowest BCUT2D eigenvalue weighted by atomic mass is 9.89. The van der Waals surface area contributed by atoms with Crippen molar-refractivity contribution in [3.63, 3.8) is 0 Å². The number of hydrogen-bond donors (Lipinski definition) is 2. The number of esters is 1. The molecule has 2 rings (SSSR count). The van der Waals surface area contributed by atoms with Crippen molar-refractivity contribution in [3.8, 4) is 0 Å². The molecule has 1 aliphatic carbocycles. The van der Waals surface area contributed by atoms with Gasteiger partial charge in [-0.3, -0.25) is 14.4 Å². The molecule has 140 valence electrons. The Morgan fingerprint density at radius 1 is 1.32 bits per heavy atom. The number of nitrogens with zero attached hydrogens (tertiary/aromatic N) is 1. The van der Waals surface area contributed by atoms with E-state index in [0.29, 0.717) is 13.1 Å². The van der Waals surface area contributed by atoms with Crippen LogP contribution in [-0.4, -0.2) is 53.0 Å². The highest BCUT2D eigenvalue weighted by Crippen LogP contribution is 2.23. The van der Waals surface area contributed by atoms with E-state index in [1.54, 1.807) is 18.7 Å². The molecule has 2 N–H and O–H groups in total. The van der Waals surface area contributed by atoms with Crippen molar-refractivity contribution in [2.45, 2.75) is 64.5 Å². The Kier molecular flexibility index (Phi) is 7.16. The summed E-state index contributed by atoms with van der Waals surface area (Å²) in [4.78, 5) is 38.1. The highest BCUT2D eigenvalue weighted by atomic mass is 32.1. The summed E-state index contributed by atoms with van der Waals surface area (Å²) >= 11 is 5.35. The van der Waals surface area contributed by atoms with Crippen LogP contribution in [-0.2, 0) is 19.1 Å². The monoisotopic (exact) mass is 369 g/mol. The van der Waals surface area contributed by atoms with E-state index in [-0.39, 0.29) is 35.4 Å². The zero-order valence-corrected chi connectivity index (χ0v) is 15.7. The van der Waals surface area contributed by atoms with Crippen molar-refractivity contribution in [2.24, 2.45) is 5.92 Å². The minimum Gasteiger partial charge on any atom is -0.463 e. The van der Waals surface area contributed by atoms with Crippen LogP contribution < -0.4 is 10.6 Å². The van der Waals surface area contributed by atoms with E-state index < -0.39 is 12.0 Å². The fourth-order valence-electron chi connectivity index (χ4n) is 3.27. The first-order valence-corrected chi connectivity index (χ1v) is 9.38. The summed E-state index contributed by atoms with van der Waals surface area (Å²) in [5.74, 6) is -0.835. The average molecular weight is 369 g/mol. The van der Waals surface area contributed by atoms with Gasteiger partial charge in [0, 0.05) is 19.0 Å². The van der Waals surface area contributed by atoms with Gasteiger partial charge in [-0.05, 0) is 38.9 Å². The molecule has 1 unspecified atom stereocenters. The van der Waals surface area contributed by atoms with Gasteiger partial charge in [-0.1, -0.05) is 19.3 Å². The Morgan fingerprint density at radius 2 is 2.00 bits per heavy atom. The molecule has 0 radical (unpaired) electrons. The molecule has 7 nitrogen and oxygen atoms in total. The fraction of sp³-hybridized carbons (Fsp3) is 0.765. The SMILES string of the molecule is CC(C)OC(=O)CC1C(=O)NCCN1C(=S)NC(=O)C1CCCCC1. The first-order chi connectivity index (χ1) is 11.9. The van der Waals surface area contributed by atoms with Crippen LogP contribution >= 0.6 is 12.2 Å². The normalized spacial score (nSPS) is 21.6. The van der Waals surface area contributed by atoms with Crippen LogP contribution in [0.15, 0.2) is 0 Å². The molecule has 1 atom stereocenters. The third kappa shape index (κ3) is 5.66. The predicted molar refractivity (Wildman–Crippen MR) is 96.7 cm³/mol. The Hall–Kier alpha value is -1.70. The molecule has 1 aliphatic heterocycles. The van der Waals surface area contributed by atoms with Gasteiger partial charge in [0.15, 0.2) is 5.11 Å². The quantitative estimate of drug-likeness (QED) is 0.570. The minimum absolute atomic E-state index is 0.0188. The number of carbonyl (C=O) groups excluding carboxylic acids is 3. The van der Waals surface area contributed by atoms with Crippen molar-refractivity contribution in [2.75, 3.05) is 13.1 Å². The smallest absolute Gasteiger partial charge is 0.308 e. The second-order valence-electron chi connectivity index (χ2n) is 6.87. The molecule has 1 saturated heterocycles. The van der Waals surface area contributed by atoms with E-state index in [0.717, 1.165) is 25.7 Å². The van der Waals surface area contributed by atoms with Crippen molar-refractivity contribution in [3.05, 3.63) is 0 Å². The largest absolute Gasteiger partial charge is 0.463 e. The first-order valence-electron chi connectivity index (χ1n) is 8.97. The summed E-state index contributed by atoms with van der Waals surface area (Å²) in [6.45, 7) is 4.39. The maximum Gasteiger partial charge on any atom is 0.308 e. The summed E-state index contributed by atoms with van der Waals surface area (Å²) in [5.41, 5.74) is 0. The second kappa shape index (κ2) is 9.12. The lowest BCUT2D eigenvalue weighted by molar-refractivity contribution is -0.150. The van der Waals surface area contributed by atoms with Crippen molar-refractivity contribution in [1.82, 2.24) is 15.5 Å². The van der Waals surface area contributed by atoms with Gasteiger partial charge >= 0.3 is 5.97 Å². The summed E-state index contributed by atoms with van der Waals surface area (Å²) < 4.78 is 5.13. The third-order valence-corrected chi connectivity index (χ3v) is 4.86. The van der Waals surface area contributed by atoms with Crippen LogP contribution in [0.4, 0.5) is 0 Å². The van der Waals surface area contributed by atoms with Gasteiger partial charge in [0.2, 0.25) is 11.8 Å². The third-order valence-electron chi connectivity index (χ3n) is 4.52. The van der Waals surface area contributed by atoms with E-state index in [2.05, 4.69) is 10.6 Å². The number of nitrogens with one attached hydrogen (secondary N) is 2. The zero-order chi connectivity index (χ0) is 18.4. The number of thiocarbonyl (C=S) groups is 1. The maximum absolute atomic E-state index is 12.4. The Balaban J connectivity index is 1.97. The number of hydrogen-bond acceptors (Lipinski definition) is 5. The fourth-order valence-corrected chi connectivity index (χ4v) is 3.59. The van der Waals surface area contributed by atoms with E-state index in [4.69, 9.17) is 17.0 Å². The van der Waals surface area contributed by atoms with Crippen LogP contribution in [0.2, 0.25) is 0 Å². The molecular formula is C17H27N3O4S. The number of piperazine rings is 1. The molecular weight excluding hydrogens is 342 g/mol. The lowest BCUT2D eigenvalue weighted by Crippen LogP contribution is -2.60.